The van der Waals surface area contributed by atoms with Gasteiger partial charge in [0.25, 0.3) is 0 Å². The number of rotatable bonds is 6. The predicted molar refractivity (Wildman–Crippen MR) is 251 cm³/mol. The molecule has 1 aliphatic carbocycles. The number of nitrogens with zero attached hydrogens (tertiary/aromatic N) is 4. The first kappa shape index (κ1) is 35.1. The van der Waals surface area contributed by atoms with E-state index in [-0.39, 0.29) is 5.41 Å². The molecular formula is C56H38N4O. The fourth-order valence-corrected chi connectivity index (χ4v) is 9.56. The Morgan fingerprint density at radius 3 is 1.85 bits per heavy atom. The van der Waals surface area contributed by atoms with Crippen molar-refractivity contribution >= 4 is 60.5 Å². The van der Waals surface area contributed by atoms with Crippen molar-refractivity contribution in [3.05, 3.63) is 205 Å². The molecule has 0 bridgehead atoms. The van der Waals surface area contributed by atoms with Gasteiger partial charge in [0.2, 0.25) is 0 Å². The van der Waals surface area contributed by atoms with Gasteiger partial charge in [-0.1, -0.05) is 166 Å². The summed E-state index contributed by atoms with van der Waals surface area (Å²) >= 11 is 0. The molecule has 11 aromatic rings. The highest BCUT2D eigenvalue weighted by molar-refractivity contribution is 6.13. The summed E-state index contributed by atoms with van der Waals surface area (Å²) in [6, 6.07) is 68.4. The van der Waals surface area contributed by atoms with Gasteiger partial charge in [-0.3, -0.25) is 0 Å². The van der Waals surface area contributed by atoms with Gasteiger partial charge >= 0.3 is 0 Å². The second-order valence-electron chi connectivity index (χ2n) is 16.4. The van der Waals surface area contributed by atoms with E-state index >= 15 is 0 Å². The maximum absolute atomic E-state index is 6.80. The minimum absolute atomic E-state index is 0.145. The van der Waals surface area contributed by atoms with Crippen LogP contribution in [-0.2, 0) is 5.41 Å². The van der Waals surface area contributed by atoms with Gasteiger partial charge in [0.1, 0.15) is 11.2 Å². The van der Waals surface area contributed by atoms with E-state index in [1.165, 1.54) is 33.0 Å². The van der Waals surface area contributed by atoms with Gasteiger partial charge in [-0.25, -0.2) is 15.0 Å². The molecule has 0 radical (unpaired) electrons. The van der Waals surface area contributed by atoms with Crippen molar-refractivity contribution in [3.8, 4) is 45.3 Å². The van der Waals surface area contributed by atoms with Crippen molar-refractivity contribution in [2.45, 2.75) is 19.3 Å². The van der Waals surface area contributed by atoms with E-state index in [0.29, 0.717) is 17.5 Å². The lowest BCUT2D eigenvalue weighted by Gasteiger charge is -2.29. The van der Waals surface area contributed by atoms with Gasteiger partial charge in [0.05, 0.1) is 5.69 Å². The van der Waals surface area contributed by atoms with Gasteiger partial charge in [0.15, 0.2) is 17.5 Å². The lowest BCUT2D eigenvalue weighted by molar-refractivity contribution is 0.660. The zero-order valence-corrected chi connectivity index (χ0v) is 33.7. The first-order valence-electron chi connectivity index (χ1n) is 20.8. The maximum atomic E-state index is 6.80. The fraction of sp³-hybridized carbons (Fsp3) is 0.0536. The molecule has 5 heteroatoms. The summed E-state index contributed by atoms with van der Waals surface area (Å²) in [5, 5.41) is 6.54. The van der Waals surface area contributed by atoms with Crippen molar-refractivity contribution in [2.24, 2.45) is 0 Å². The van der Waals surface area contributed by atoms with Crippen LogP contribution in [0.4, 0.5) is 17.1 Å². The Morgan fingerprint density at radius 1 is 0.410 bits per heavy atom. The molecule has 12 rings (SSSR count). The third kappa shape index (κ3) is 5.58. The van der Waals surface area contributed by atoms with Crippen LogP contribution in [0.1, 0.15) is 25.0 Å². The number of furan rings is 1. The predicted octanol–water partition coefficient (Wildman–Crippen LogP) is 14.9. The average molecular weight is 783 g/mol. The summed E-state index contributed by atoms with van der Waals surface area (Å²) in [6.45, 7) is 4.67. The van der Waals surface area contributed by atoms with Crippen LogP contribution in [0.15, 0.2) is 199 Å². The molecule has 1 aliphatic rings. The molecule has 9 aromatic carbocycles. The van der Waals surface area contributed by atoms with E-state index < -0.39 is 0 Å². The molecule has 0 saturated carbocycles. The largest absolute Gasteiger partial charge is 0.456 e. The van der Waals surface area contributed by atoms with Crippen molar-refractivity contribution in [1.82, 2.24) is 15.0 Å². The molecule has 0 fully saturated rings. The SMILES string of the molecule is CC1(C)c2ccccc2-c2ccc(N(c3ccc4c(c3)oc3cccc(-c5nc(-c6ccccc6)nc(-c6cccc7ccccc67)n5)c34)c3cccc4ccccc34)cc21. The van der Waals surface area contributed by atoms with Crippen molar-refractivity contribution in [3.63, 3.8) is 0 Å². The molecule has 288 valence electrons. The van der Waals surface area contributed by atoms with Crippen LogP contribution in [0, 0.1) is 0 Å². The number of hydrogen-bond acceptors (Lipinski definition) is 5. The zero-order chi connectivity index (χ0) is 40.7. The van der Waals surface area contributed by atoms with Crippen LogP contribution in [0.5, 0.6) is 0 Å². The number of fused-ring (bicyclic) bond motifs is 8. The summed E-state index contributed by atoms with van der Waals surface area (Å²) in [5.41, 5.74) is 12.6. The van der Waals surface area contributed by atoms with Crippen LogP contribution < -0.4 is 4.90 Å². The van der Waals surface area contributed by atoms with E-state index in [2.05, 4.69) is 170 Å². The van der Waals surface area contributed by atoms with Gasteiger partial charge in [-0.15, -0.1) is 0 Å². The molecule has 0 aliphatic heterocycles. The van der Waals surface area contributed by atoms with Crippen LogP contribution in [0.25, 0.3) is 88.8 Å². The molecule has 2 heterocycles. The number of benzene rings is 9. The zero-order valence-electron chi connectivity index (χ0n) is 33.7. The van der Waals surface area contributed by atoms with E-state index in [0.717, 1.165) is 66.5 Å². The highest BCUT2D eigenvalue weighted by atomic mass is 16.3. The highest BCUT2D eigenvalue weighted by Gasteiger charge is 2.36. The summed E-state index contributed by atoms with van der Waals surface area (Å²) in [5.74, 6) is 1.83. The molecule has 0 saturated heterocycles. The topological polar surface area (TPSA) is 55.1 Å². The second kappa shape index (κ2) is 13.6. The normalized spacial score (nSPS) is 12.9. The Kier molecular flexibility index (Phi) is 7.81. The van der Waals surface area contributed by atoms with E-state index in [1.807, 2.05) is 42.5 Å². The van der Waals surface area contributed by atoms with Gasteiger partial charge in [-0.2, -0.15) is 0 Å². The van der Waals surface area contributed by atoms with E-state index in [1.54, 1.807) is 0 Å². The monoisotopic (exact) mass is 782 g/mol. The minimum Gasteiger partial charge on any atom is -0.456 e. The number of anilines is 3. The first-order valence-corrected chi connectivity index (χ1v) is 20.8. The van der Waals surface area contributed by atoms with Crippen LogP contribution in [0.3, 0.4) is 0 Å². The number of aromatic nitrogens is 3. The maximum Gasteiger partial charge on any atom is 0.164 e. The third-order valence-electron chi connectivity index (χ3n) is 12.5. The summed E-state index contributed by atoms with van der Waals surface area (Å²) in [4.78, 5) is 17.8. The Morgan fingerprint density at radius 2 is 1.00 bits per heavy atom. The van der Waals surface area contributed by atoms with Gasteiger partial charge < -0.3 is 9.32 Å². The van der Waals surface area contributed by atoms with Crippen molar-refractivity contribution < 1.29 is 4.42 Å². The lowest BCUT2D eigenvalue weighted by Crippen LogP contribution is -2.16. The fourth-order valence-electron chi connectivity index (χ4n) is 9.56. The molecule has 0 spiro atoms. The molecule has 61 heavy (non-hydrogen) atoms. The summed E-state index contributed by atoms with van der Waals surface area (Å²) in [7, 11) is 0. The van der Waals surface area contributed by atoms with Crippen molar-refractivity contribution in [2.75, 3.05) is 4.90 Å². The Balaban J connectivity index is 1.05. The van der Waals surface area contributed by atoms with E-state index in [9.17, 15) is 0 Å². The summed E-state index contributed by atoms with van der Waals surface area (Å²) in [6.07, 6.45) is 0. The second-order valence-corrected chi connectivity index (χ2v) is 16.4. The first-order chi connectivity index (χ1) is 30.0. The molecule has 2 aromatic heterocycles. The molecule has 0 amide bonds. The standard InChI is InChI=1S/C56H38N4O/c1-56(2)47-26-11-10-23-42(47)43-31-29-38(33-48(43)56)60(49-27-13-20-36-16-7-9-22-41(36)49)39-30-32-45-51(34-39)61-50-28-14-25-46(52(45)50)55-58-53(37-17-4-3-5-18-37)57-54(59-55)44-24-12-19-35-15-6-8-21-40(35)44/h3-34H,1-2H3. The van der Waals surface area contributed by atoms with Crippen molar-refractivity contribution in [1.29, 1.82) is 0 Å². The third-order valence-corrected chi connectivity index (χ3v) is 12.5. The van der Waals surface area contributed by atoms with E-state index in [4.69, 9.17) is 19.4 Å². The number of hydrogen-bond donors (Lipinski definition) is 0. The molecule has 0 N–H and O–H groups in total. The van der Waals surface area contributed by atoms with Gasteiger partial charge in [-0.05, 0) is 74.8 Å². The van der Waals surface area contributed by atoms with Crippen LogP contribution in [0.2, 0.25) is 0 Å². The Labute approximate surface area is 353 Å². The Hall–Kier alpha value is -7.89. The molecule has 0 unspecified atom stereocenters. The smallest absolute Gasteiger partial charge is 0.164 e. The summed E-state index contributed by atoms with van der Waals surface area (Å²) < 4.78 is 6.80. The highest BCUT2D eigenvalue weighted by Crippen LogP contribution is 2.51. The lowest BCUT2D eigenvalue weighted by atomic mass is 9.82. The molecule has 5 nitrogen and oxygen atoms in total. The van der Waals surface area contributed by atoms with Crippen LogP contribution >= 0.6 is 0 Å². The van der Waals surface area contributed by atoms with Gasteiger partial charge in [0, 0.05) is 55.7 Å². The minimum atomic E-state index is -0.145. The molecular weight excluding hydrogens is 745 g/mol. The quantitative estimate of drug-likeness (QED) is 0.168. The average Bonchev–Trinajstić information content (AvgIpc) is 3.80. The molecule has 0 atom stereocenters. The Bertz CT molecular complexity index is 3520. The van der Waals surface area contributed by atoms with Crippen LogP contribution in [-0.4, -0.2) is 15.0 Å².